The van der Waals surface area contributed by atoms with E-state index in [9.17, 15) is 9.59 Å². The number of nitrogens with one attached hydrogen (secondary N) is 1. The second-order valence-corrected chi connectivity index (χ2v) is 4.99. The van der Waals surface area contributed by atoms with Crippen molar-refractivity contribution in [2.75, 3.05) is 37.6 Å². The zero-order valence-electron chi connectivity index (χ0n) is 12.1. The van der Waals surface area contributed by atoms with Crippen LogP contribution in [0, 0.1) is 6.92 Å². The lowest BCUT2D eigenvalue weighted by molar-refractivity contribution is -0.126. The maximum Gasteiger partial charge on any atom is 0.241 e. The summed E-state index contributed by atoms with van der Waals surface area (Å²) in [6.45, 7) is 6.52. The van der Waals surface area contributed by atoms with Gasteiger partial charge in [-0.2, -0.15) is 0 Å². The molecule has 1 aliphatic rings. The number of hydrogen-bond donors (Lipinski definition) is 1. The van der Waals surface area contributed by atoms with Crippen molar-refractivity contribution >= 4 is 17.5 Å². The molecule has 1 aliphatic heterocycles. The van der Waals surface area contributed by atoms with E-state index in [2.05, 4.69) is 5.32 Å². The van der Waals surface area contributed by atoms with Crippen LogP contribution >= 0.6 is 0 Å². The molecule has 1 fully saturated rings. The van der Waals surface area contributed by atoms with Crippen LogP contribution in [0.15, 0.2) is 24.3 Å². The number of rotatable bonds is 4. The molecule has 2 rings (SSSR count). The van der Waals surface area contributed by atoms with Crippen LogP contribution in [-0.4, -0.2) is 49.4 Å². The maximum atomic E-state index is 12.5. The Labute approximate surface area is 119 Å². The minimum Gasteiger partial charge on any atom is -0.354 e. The van der Waals surface area contributed by atoms with Crippen LogP contribution < -0.4 is 10.2 Å². The Balaban J connectivity index is 2.06. The predicted octanol–water partition coefficient (Wildman–Crippen LogP) is 0.780. The van der Waals surface area contributed by atoms with E-state index < -0.39 is 0 Å². The van der Waals surface area contributed by atoms with Gasteiger partial charge in [-0.15, -0.1) is 0 Å². The van der Waals surface area contributed by atoms with Gasteiger partial charge in [-0.3, -0.25) is 14.5 Å². The van der Waals surface area contributed by atoms with Crippen molar-refractivity contribution in [2.45, 2.75) is 13.8 Å². The largest absolute Gasteiger partial charge is 0.354 e. The molecule has 0 bridgehead atoms. The number of para-hydroxylation sites is 1. The second kappa shape index (κ2) is 6.52. The number of aryl methyl sites for hydroxylation is 1. The highest BCUT2D eigenvalue weighted by Gasteiger charge is 2.22. The van der Waals surface area contributed by atoms with Crippen LogP contribution in [0.2, 0.25) is 0 Å². The average Bonchev–Trinajstić information content (AvgIpc) is 2.41. The number of amides is 2. The molecular weight excluding hydrogens is 254 g/mol. The first-order valence-corrected chi connectivity index (χ1v) is 6.97. The highest BCUT2D eigenvalue weighted by Crippen LogP contribution is 2.19. The molecule has 0 radical (unpaired) electrons. The normalized spacial score (nSPS) is 15.8. The smallest absolute Gasteiger partial charge is 0.241 e. The topological polar surface area (TPSA) is 52.7 Å². The Morgan fingerprint density at radius 2 is 2.15 bits per heavy atom. The maximum absolute atomic E-state index is 12.5. The Morgan fingerprint density at radius 1 is 1.40 bits per heavy atom. The minimum absolute atomic E-state index is 0.0111. The number of benzene rings is 1. The summed E-state index contributed by atoms with van der Waals surface area (Å²) in [5.41, 5.74) is 2.03. The van der Waals surface area contributed by atoms with Crippen molar-refractivity contribution in [2.24, 2.45) is 0 Å². The van der Waals surface area contributed by atoms with Gasteiger partial charge >= 0.3 is 0 Å². The molecule has 0 unspecified atom stereocenters. The molecule has 1 aromatic rings. The number of carbonyl (C=O) groups excluding carboxylic acids is 2. The molecule has 5 heteroatoms. The van der Waals surface area contributed by atoms with E-state index in [4.69, 9.17) is 0 Å². The quantitative estimate of drug-likeness (QED) is 0.883. The van der Waals surface area contributed by atoms with E-state index in [0.717, 1.165) is 17.8 Å². The fourth-order valence-corrected chi connectivity index (χ4v) is 2.45. The van der Waals surface area contributed by atoms with E-state index in [1.807, 2.05) is 43.0 Å². The first-order valence-electron chi connectivity index (χ1n) is 6.97. The van der Waals surface area contributed by atoms with Gasteiger partial charge in [-0.05, 0) is 25.5 Å². The van der Waals surface area contributed by atoms with Crippen LogP contribution in [-0.2, 0) is 9.59 Å². The van der Waals surface area contributed by atoms with Crippen molar-refractivity contribution in [3.05, 3.63) is 29.8 Å². The molecule has 1 N–H and O–H groups in total. The van der Waals surface area contributed by atoms with Crippen molar-refractivity contribution in [1.82, 2.24) is 10.2 Å². The van der Waals surface area contributed by atoms with Gasteiger partial charge in [0.1, 0.15) is 0 Å². The van der Waals surface area contributed by atoms with Gasteiger partial charge in [0.15, 0.2) is 0 Å². The van der Waals surface area contributed by atoms with E-state index in [1.54, 1.807) is 4.90 Å². The summed E-state index contributed by atoms with van der Waals surface area (Å²) in [5.74, 6) is 0.0273. The fraction of sp³-hybridized carbons (Fsp3) is 0.467. The Kier molecular flexibility index (Phi) is 4.74. The third-order valence-corrected chi connectivity index (χ3v) is 3.50. The monoisotopic (exact) mass is 275 g/mol. The second-order valence-electron chi connectivity index (χ2n) is 4.99. The molecule has 1 saturated heterocycles. The molecule has 0 spiro atoms. The van der Waals surface area contributed by atoms with Gasteiger partial charge in [0.2, 0.25) is 11.8 Å². The molecule has 5 nitrogen and oxygen atoms in total. The Morgan fingerprint density at radius 3 is 2.80 bits per heavy atom. The lowest BCUT2D eigenvalue weighted by atomic mass is 10.1. The summed E-state index contributed by atoms with van der Waals surface area (Å²) in [7, 11) is 0. The van der Waals surface area contributed by atoms with Crippen molar-refractivity contribution in [3.8, 4) is 0 Å². The summed E-state index contributed by atoms with van der Waals surface area (Å²) < 4.78 is 0. The van der Waals surface area contributed by atoms with Gasteiger partial charge in [0.05, 0.1) is 13.1 Å². The zero-order chi connectivity index (χ0) is 14.5. The Hall–Kier alpha value is -1.88. The predicted molar refractivity (Wildman–Crippen MR) is 78.7 cm³/mol. The molecule has 0 saturated carbocycles. The van der Waals surface area contributed by atoms with Gasteiger partial charge in [-0.1, -0.05) is 18.2 Å². The number of likely N-dealkylation sites (N-methyl/N-ethyl adjacent to an activating group) is 1. The summed E-state index contributed by atoms with van der Waals surface area (Å²) in [4.78, 5) is 27.5. The molecule has 108 valence electrons. The third-order valence-electron chi connectivity index (χ3n) is 3.50. The molecule has 0 aromatic heterocycles. The van der Waals surface area contributed by atoms with Gasteiger partial charge in [0.25, 0.3) is 0 Å². The summed E-state index contributed by atoms with van der Waals surface area (Å²) in [5, 5.41) is 2.76. The zero-order valence-corrected chi connectivity index (χ0v) is 12.1. The van der Waals surface area contributed by atoms with Gasteiger partial charge < -0.3 is 10.2 Å². The van der Waals surface area contributed by atoms with E-state index >= 15 is 0 Å². The van der Waals surface area contributed by atoms with Crippen LogP contribution in [0.3, 0.4) is 0 Å². The van der Waals surface area contributed by atoms with Crippen molar-refractivity contribution < 1.29 is 9.59 Å². The Bertz CT molecular complexity index is 502. The fourth-order valence-electron chi connectivity index (χ4n) is 2.45. The molecular formula is C15H21N3O2. The molecule has 0 atom stereocenters. The van der Waals surface area contributed by atoms with E-state index in [1.165, 1.54) is 0 Å². The molecule has 20 heavy (non-hydrogen) atoms. The van der Waals surface area contributed by atoms with E-state index in [-0.39, 0.29) is 18.4 Å². The van der Waals surface area contributed by atoms with Crippen LogP contribution in [0.4, 0.5) is 5.69 Å². The van der Waals surface area contributed by atoms with E-state index in [0.29, 0.717) is 19.6 Å². The molecule has 2 amide bonds. The number of piperazine rings is 1. The highest BCUT2D eigenvalue weighted by atomic mass is 16.2. The first kappa shape index (κ1) is 14.5. The molecule has 1 heterocycles. The molecule has 0 aliphatic carbocycles. The van der Waals surface area contributed by atoms with Crippen LogP contribution in [0.25, 0.3) is 0 Å². The van der Waals surface area contributed by atoms with Crippen LogP contribution in [0.1, 0.15) is 12.5 Å². The molecule has 1 aromatic carbocycles. The lowest BCUT2D eigenvalue weighted by Gasteiger charge is -2.29. The summed E-state index contributed by atoms with van der Waals surface area (Å²) in [6, 6.07) is 7.86. The minimum atomic E-state index is -0.0111. The van der Waals surface area contributed by atoms with Crippen molar-refractivity contribution in [3.63, 3.8) is 0 Å². The number of anilines is 1. The summed E-state index contributed by atoms with van der Waals surface area (Å²) >= 11 is 0. The van der Waals surface area contributed by atoms with Gasteiger partial charge in [0, 0.05) is 25.3 Å². The average molecular weight is 275 g/mol. The number of hydrogen-bond acceptors (Lipinski definition) is 3. The highest BCUT2D eigenvalue weighted by molar-refractivity contribution is 5.95. The van der Waals surface area contributed by atoms with Crippen molar-refractivity contribution in [1.29, 1.82) is 0 Å². The van der Waals surface area contributed by atoms with Crippen LogP contribution in [0.5, 0.6) is 0 Å². The summed E-state index contributed by atoms with van der Waals surface area (Å²) in [6.07, 6.45) is 0. The lowest BCUT2D eigenvalue weighted by Crippen LogP contribution is -2.51. The number of carbonyl (C=O) groups is 2. The SMILES string of the molecule is CCN(C(=O)CN1CCNC(=O)C1)c1ccccc1C. The van der Waals surface area contributed by atoms with Gasteiger partial charge in [-0.25, -0.2) is 0 Å². The standard InChI is InChI=1S/C15H21N3O2/c1-3-18(13-7-5-4-6-12(13)2)15(20)11-17-9-8-16-14(19)10-17/h4-7H,3,8-11H2,1-2H3,(H,16,19). The number of nitrogens with zero attached hydrogens (tertiary/aromatic N) is 2. The first-order chi connectivity index (χ1) is 9.61. The third kappa shape index (κ3) is 3.36.